The van der Waals surface area contributed by atoms with Crippen molar-refractivity contribution in [3.05, 3.63) is 63.7 Å². The van der Waals surface area contributed by atoms with Crippen LogP contribution in [-0.2, 0) is 21.4 Å². The first kappa shape index (κ1) is 20.7. The maximum atomic E-state index is 12.9. The molecule has 1 heterocycles. The number of rotatable bonds is 7. The highest BCUT2D eigenvalue weighted by molar-refractivity contribution is 7.89. The molecule has 0 atom stereocenters. The van der Waals surface area contributed by atoms with Gasteiger partial charge in [-0.15, -0.1) is 0 Å². The van der Waals surface area contributed by atoms with Crippen molar-refractivity contribution in [1.29, 1.82) is 0 Å². The minimum absolute atomic E-state index is 0.0630. The number of methoxy groups -OCH3 is 1. The number of hydrogen-bond donors (Lipinski definition) is 0. The Morgan fingerprint density at radius 2 is 1.79 bits per heavy atom. The van der Waals surface area contributed by atoms with E-state index in [9.17, 15) is 23.3 Å². The Kier molecular flexibility index (Phi) is 6.14. The summed E-state index contributed by atoms with van der Waals surface area (Å²) in [5.74, 6) is -0.548. The molecule has 3 rings (SSSR count). The molecule has 2 aromatic carbocycles. The minimum Gasteiger partial charge on any atom is -0.495 e. The molecular weight excluding hydrogens is 400 g/mol. The number of non-ortho nitro benzene ring substituents is 1. The summed E-state index contributed by atoms with van der Waals surface area (Å²) >= 11 is 0. The van der Waals surface area contributed by atoms with Gasteiger partial charge in [-0.3, -0.25) is 10.1 Å². The molecular formula is C19H20N2O7S. The van der Waals surface area contributed by atoms with E-state index in [4.69, 9.17) is 9.47 Å². The van der Waals surface area contributed by atoms with Crippen LogP contribution in [0, 0.1) is 10.1 Å². The van der Waals surface area contributed by atoms with E-state index in [1.165, 1.54) is 53.9 Å². The molecule has 1 fully saturated rings. The summed E-state index contributed by atoms with van der Waals surface area (Å²) in [7, 11) is -2.41. The first-order chi connectivity index (χ1) is 13.8. The van der Waals surface area contributed by atoms with Gasteiger partial charge >= 0.3 is 5.97 Å². The lowest BCUT2D eigenvalue weighted by Crippen LogP contribution is -2.28. The van der Waals surface area contributed by atoms with Gasteiger partial charge in [-0.25, -0.2) is 13.2 Å². The molecule has 154 valence electrons. The van der Waals surface area contributed by atoms with E-state index in [1.54, 1.807) is 0 Å². The molecule has 29 heavy (non-hydrogen) atoms. The van der Waals surface area contributed by atoms with E-state index >= 15 is 0 Å². The maximum Gasteiger partial charge on any atom is 0.338 e. The molecule has 0 saturated carbocycles. The van der Waals surface area contributed by atoms with E-state index in [0.29, 0.717) is 18.7 Å². The minimum atomic E-state index is -3.78. The summed E-state index contributed by atoms with van der Waals surface area (Å²) in [6.07, 6.45) is 1.58. The number of nitro groups is 1. The molecule has 0 bridgehead atoms. The van der Waals surface area contributed by atoms with Crippen molar-refractivity contribution >= 4 is 21.7 Å². The second-order valence-corrected chi connectivity index (χ2v) is 8.38. The second-order valence-electron chi connectivity index (χ2n) is 6.48. The number of carbonyl (C=O) groups is 1. The first-order valence-electron chi connectivity index (χ1n) is 8.91. The van der Waals surface area contributed by atoms with Crippen LogP contribution in [-0.4, -0.2) is 43.8 Å². The smallest absolute Gasteiger partial charge is 0.338 e. The number of nitro benzene ring substituents is 1. The summed E-state index contributed by atoms with van der Waals surface area (Å²) in [4.78, 5) is 22.5. The van der Waals surface area contributed by atoms with Gasteiger partial charge in [-0.05, 0) is 48.7 Å². The number of hydrogen-bond acceptors (Lipinski definition) is 7. The average molecular weight is 420 g/mol. The summed E-state index contributed by atoms with van der Waals surface area (Å²) in [5, 5.41) is 10.7. The summed E-state index contributed by atoms with van der Waals surface area (Å²) in [6, 6.07) is 9.72. The zero-order valence-corrected chi connectivity index (χ0v) is 16.6. The number of ether oxygens (including phenoxy) is 2. The summed E-state index contributed by atoms with van der Waals surface area (Å²) < 4.78 is 37.6. The van der Waals surface area contributed by atoms with E-state index < -0.39 is 20.9 Å². The molecule has 1 aliphatic rings. The van der Waals surface area contributed by atoms with Crippen LogP contribution in [0.4, 0.5) is 5.69 Å². The van der Waals surface area contributed by atoms with Crippen LogP contribution in [0.2, 0.25) is 0 Å². The molecule has 2 aromatic rings. The van der Waals surface area contributed by atoms with E-state index in [2.05, 4.69) is 0 Å². The summed E-state index contributed by atoms with van der Waals surface area (Å²) in [6.45, 7) is 0.762. The molecule has 9 nitrogen and oxygen atoms in total. The zero-order valence-electron chi connectivity index (χ0n) is 15.7. The van der Waals surface area contributed by atoms with E-state index in [0.717, 1.165) is 12.8 Å². The number of benzene rings is 2. The highest BCUT2D eigenvalue weighted by Crippen LogP contribution is 2.30. The lowest BCUT2D eigenvalue weighted by molar-refractivity contribution is -0.384. The SMILES string of the molecule is COc1ccc(C(=O)OCc2ccc([N+](=O)[O-])cc2)cc1S(=O)(=O)N1CCCC1. The molecule has 0 amide bonds. The van der Waals surface area contributed by atoms with Crippen molar-refractivity contribution in [3.8, 4) is 5.75 Å². The van der Waals surface area contributed by atoms with Gasteiger partial charge in [0.1, 0.15) is 17.3 Å². The number of esters is 1. The Bertz CT molecular complexity index is 1010. The van der Waals surface area contributed by atoms with E-state index in [-0.39, 0.29) is 28.5 Å². The fourth-order valence-corrected chi connectivity index (χ4v) is 4.72. The topological polar surface area (TPSA) is 116 Å². The number of sulfonamides is 1. The monoisotopic (exact) mass is 420 g/mol. The molecule has 0 spiro atoms. The molecule has 10 heteroatoms. The van der Waals surface area contributed by atoms with Crippen molar-refractivity contribution in [1.82, 2.24) is 4.31 Å². The fraction of sp³-hybridized carbons (Fsp3) is 0.316. The predicted octanol–water partition coefficient (Wildman–Crippen LogP) is 2.74. The van der Waals surface area contributed by atoms with Crippen molar-refractivity contribution in [2.24, 2.45) is 0 Å². The Balaban J connectivity index is 1.78. The molecule has 0 unspecified atom stereocenters. The predicted molar refractivity (Wildman–Crippen MR) is 103 cm³/mol. The lowest BCUT2D eigenvalue weighted by Gasteiger charge is -2.18. The van der Waals surface area contributed by atoms with Gasteiger partial charge in [-0.1, -0.05) is 0 Å². The highest BCUT2D eigenvalue weighted by atomic mass is 32.2. The van der Waals surface area contributed by atoms with Crippen LogP contribution < -0.4 is 4.74 Å². The van der Waals surface area contributed by atoms with Gasteiger partial charge in [0.2, 0.25) is 10.0 Å². The number of carbonyl (C=O) groups excluding carboxylic acids is 1. The maximum absolute atomic E-state index is 12.9. The molecule has 1 aliphatic heterocycles. The van der Waals surface area contributed by atoms with Crippen molar-refractivity contribution in [2.75, 3.05) is 20.2 Å². The quantitative estimate of drug-likeness (QED) is 0.384. The molecule has 0 aliphatic carbocycles. The van der Waals surface area contributed by atoms with Gasteiger partial charge in [0, 0.05) is 25.2 Å². The van der Waals surface area contributed by atoms with Crippen LogP contribution in [0.5, 0.6) is 5.75 Å². The summed E-state index contributed by atoms with van der Waals surface area (Å²) in [5.41, 5.74) is 0.583. The standard InChI is InChI=1S/C19H20N2O7S/c1-27-17-9-6-15(12-18(17)29(25,26)20-10-2-3-11-20)19(22)28-13-14-4-7-16(8-5-14)21(23)24/h4-9,12H,2-3,10-11,13H2,1H3. The first-order valence-corrected chi connectivity index (χ1v) is 10.4. The van der Waals surface area contributed by atoms with Crippen LogP contribution in [0.1, 0.15) is 28.8 Å². The zero-order chi connectivity index (χ0) is 21.0. The molecule has 0 N–H and O–H groups in total. The third kappa shape index (κ3) is 4.54. The third-order valence-electron chi connectivity index (χ3n) is 4.60. The van der Waals surface area contributed by atoms with Crippen LogP contribution in [0.25, 0.3) is 0 Å². The Hall–Kier alpha value is -2.98. The molecule has 0 aromatic heterocycles. The molecule has 0 radical (unpaired) electrons. The second kappa shape index (κ2) is 8.58. The van der Waals surface area contributed by atoms with Crippen molar-refractivity contribution < 1.29 is 27.6 Å². The van der Waals surface area contributed by atoms with Crippen LogP contribution >= 0.6 is 0 Å². The Morgan fingerprint density at radius 3 is 2.38 bits per heavy atom. The normalized spacial score (nSPS) is 14.5. The van der Waals surface area contributed by atoms with Gasteiger partial charge in [0.05, 0.1) is 17.6 Å². The Labute approximate surface area is 168 Å². The van der Waals surface area contributed by atoms with Crippen molar-refractivity contribution in [3.63, 3.8) is 0 Å². The van der Waals surface area contributed by atoms with Crippen molar-refractivity contribution in [2.45, 2.75) is 24.3 Å². The van der Waals surface area contributed by atoms with Gasteiger partial charge < -0.3 is 9.47 Å². The third-order valence-corrected chi connectivity index (χ3v) is 6.52. The van der Waals surface area contributed by atoms with Crippen LogP contribution in [0.15, 0.2) is 47.4 Å². The highest BCUT2D eigenvalue weighted by Gasteiger charge is 2.30. The van der Waals surface area contributed by atoms with Gasteiger partial charge in [0.25, 0.3) is 5.69 Å². The lowest BCUT2D eigenvalue weighted by atomic mass is 10.2. The van der Waals surface area contributed by atoms with Gasteiger partial charge in [-0.2, -0.15) is 4.31 Å². The van der Waals surface area contributed by atoms with Crippen LogP contribution in [0.3, 0.4) is 0 Å². The Morgan fingerprint density at radius 1 is 1.14 bits per heavy atom. The van der Waals surface area contributed by atoms with E-state index in [1.807, 2.05) is 0 Å². The average Bonchev–Trinajstić information content (AvgIpc) is 3.27. The van der Waals surface area contributed by atoms with Gasteiger partial charge in [0.15, 0.2) is 0 Å². The fourth-order valence-electron chi connectivity index (χ4n) is 3.02. The largest absolute Gasteiger partial charge is 0.495 e. The number of nitrogens with zero attached hydrogens (tertiary/aromatic N) is 2. The molecule has 1 saturated heterocycles.